The molecule has 0 heterocycles. The van der Waals surface area contributed by atoms with Gasteiger partial charge in [-0.15, -0.1) is 0 Å². The smallest absolute Gasteiger partial charge is 0.416 e. The molecule has 0 bridgehead atoms. The van der Waals surface area contributed by atoms with Crippen molar-refractivity contribution < 1.29 is 27.9 Å². The molecule has 0 unspecified atom stereocenters. The zero-order valence-electron chi connectivity index (χ0n) is 11.6. The number of amides is 1. The maximum absolute atomic E-state index is 12.5. The minimum Gasteiger partial charge on any atom is -0.480 e. The van der Waals surface area contributed by atoms with Crippen LogP contribution in [0.4, 0.5) is 13.2 Å². The lowest BCUT2D eigenvalue weighted by Crippen LogP contribution is -2.44. The van der Waals surface area contributed by atoms with Gasteiger partial charge in [-0.05, 0) is 17.5 Å². The quantitative estimate of drug-likeness (QED) is 0.878. The number of halogens is 3. The van der Waals surface area contributed by atoms with Crippen LogP contribution < -0.4 is 5.32 Å². The van der Waals surface area contributed by atoms with Crippen molar-refractivity contribution >= 4 is 11.9 Å². The lowest BCUT2D eigenvalue weighted by molar-refractivity contribution is -0.143. The van der Waals surface area contributed by atoms with Gasteiger partial charge in [0.25, 0.3) is 0 Å². The summed E-state index contributed by atoms with van der Waals surface area (Å²) in [5.74, 6) is -2.13. The van der Waals surface area contributed by atoms with Crippen LogP contribution in [-0.4, -0.2) is 23.0 Å². The van der Waals surface area contributed by atoms with E-state index in [4.69, 9.17) is 5.11 Å². The van der Waals surface area contributed by atoms with Crippen molar-refractivity contribution in [2.45, 2.75) is 32.5 Å². The Bertz CT molecular complexity index is 526. The van der Waals surface area contributed by atoms with Crippen molar-refractivity contribution in [3.63, 3.8) is 0 Å². The van der Waals surface area contributed by atoms with E-state index in [-0.39, 0.29) is 17.9 Å². The summed E-state index contributed by atoms with van der Waals surface area (Å²) >= 11 is 0. The maximum atomic E-state index is 12.5. The molecule has 0 saturated carbocycles. The van der Waals surface area contributed by atoms with E-state index in [9.17, 15) is 22.8 Å². The summed E-state index contributed by atoms with van der Waals surface area (Å²) in [6.45, 7) is 3.26. The summed E-state index contributed by atoms with van der Waals surface area (Å²) < 4.78 is 37.6. The molecule has 1 aromatic carbocycles. The largest absolute Gasteiger partial charge is 0.480 e. The Hall–Kier alpha value is -2.05. The van der Waals surface area contributed by atoms with Crippen LogP contribution in [0.1, 0.15) is 25.0 Å². The fourth-order valence-corrected chi connectivity index (χ4v) is 1.78. The van der Waals surface area contributed by atoms with Crippen molar-refractivity contribution in [1.29, 1.82) is 0 Å². The van der Waals surface area contributed by atoms with E-state index in [1.807, 2.05) is 0 Å². The lowest BCUT2D eigenvalue weighted by atomic mass is 10.0. The van der Waals surface area contributed by atoms with Gasteiger partial charge in [0.1, 0.15) is 6.04 Å². The minimum atomic E-state index is -4.48. The molecule has 1 rings (SSSR count). The number of aliphatic carboxylic acids is 1. The van der Waals surface area contributed by atoms with E-state index in [2.05, 4.69) is 5.32 Å². The maximum Gasteiger partial charge on any atom is 0.416 e. The monoisotopic (exact) mass is 303 g/mol. The molecule has 116 valence electrons. The normalized spacial score (nSPS) is 13.0. The van der Waals surface area contributed by atoms with Crippen molar-refractivity contribution in [1.82, 2.24) is 5.32 Å². The molecule has 7 heteroatoms. The average molecular weight is 303 g/mol. The highest BCUT2D eigenvalue weighted by Crippen LogP contribution is 2.29. The van der Waals surface area contributed by atoms with Crippen LogP contribution in [0.25, 0.3) is 0 Å². The van der Waals surface area contributed by atoms with Crippen LogP contribution >= 0.6 is 0 Å². The summed E-state index contributed by atoms with van der Waals surface area (Å²) in [5.41, 5.74) is -0.665. The van der Waals surface area contributed by atoms with Gasteiger partial charge in [0, 0.05) is 0 Å². The highest BCUT2D eigenvalue weighted by molar-refractivity contribution is 5.85. The standard InChI is InChI=1S/C14H16F3NO3/c1-8(2)12(13(20)21)18-11(19)7-9-4-3-5-10(6-9)14(15,16)17/h3-6,8,12H,7H2,1-2H3,(H,18,19)(H,20,21)/t12-/m0/s1. The van der Waals surface area contributed by atoms with Gasteiger partial charge in [-0.3, -0.25) is 4.79 Å². The number of hydrogen-bond donors (Lipinski definition) is 2. The Balaban J connectivity index is 2.77. The number of carboxylic acid groups (broad SMARTS) is 1. The molecule has 1 aromatic rings. The molecule has 0 aromatic heterocycles. The zero-order chi connectivity index (χ0) is 16.2. The fraction of sp³-hybridized carbons (Fsp3) is 0.429. The number of alkyl halides is 3. The summed E-state index contributed by atoms with van der Waals surface area (Å²) in [6.07, 6.45) is -4.78. The van der Waals surface area contributed by atoms with Gasteiger partial charge in [-0.25, -0.2) is 4.79 Å². The SMILES string of the molecule is CC(C)[C@H](NC(=O)Cc1cccc(C(F)(F)F)c1)C(=O)O. The number of benzene rings is 1. The first-order valence-electron chi connectivity index (χ1n) is 6.29. The van der Waals surface area contributed by atoms with E-state index < -0.39 is 29.7 Å². The van der Waals surface area contributed by atoms with Crippen LogP contribution in [0.5, 0.6) is 0 Å². The molecule has 0 fully saturated rings. The Morgan fingerprint density at radius 1 is 1.29 bits per heavy atom. The summed E-state index contributed by atoms with van der Waals surface area (Å²) in [7, 11) is 0. The predicted molar refractivity (Wildman–Crippen MR) is 69.6 cm³/mol. The van der Waals surface area contributed by atoms with Gasteiger partial charge in [0.05, 0.1) is 12.0 Å². The molecule has 1 atom stereocenters. The number of carboxylic acids is 1. The molecule has 0 aliphatic carbocycles. The Kier molecular flexibility index (Phi) is 5.34. The van der Waals surface area contributed by atoms with Gasteiger partial charge >= 0.3 is 12.1 Å². The van der Waals surface area contributed by atoms with E-state index in [1.54, 1.807) is 13.8 Å². The van der Waals surface area contributed by atoms with E-state index in [0.29, 0.717) is 0 Å². The lowest BCUT2D eigenvalue weighted by Gasteiger charge is -2.18. The number of carbonyl (C=O) groups excluding carboxylic acids is 1. The van der Waals surface area contributed by atoms with E-state index >= 15 is 0 Å². The third-order valence-corrected chi connectivity index (χ3v) is 2.87. The number of rotatable bonds is 5. The fourth-order valence-electron chi connectivity index (χ4n) is 1.78. The van der Waals surface area contributed by atoms with Crippen molar-refractivity contribution in [3.05, 3.63) is 35.4 Å². The van der Waals surface area contributed by atoms with E-state index in [0.717, 1.165) is 12.1 Å². The second-order valence-electron chi connectivity index (χ2n) is 5.00. The van der Waals surface area contributed by atoms with E-state index in [1.165, 1.54) is 12.1 Å². The second-order valence-corrected chi connectivity index (χ2v) is 5.00. The van der Waals surface area contributed by atoms with Gasteiger partial charge in [-0.2, -0.15) is 13.2 Å². The van der Waals surface area contributed by atoms with Crippen LogP contribution in [0, 0.1) is 5.92 Å². The van der Waals surface area contributed by atoms with Gasteiger partial charge in [0.15, 0.2) is 0 Å². The topological polar surface area (TPSA) is 66.4 Å². The van der Waals surface area contributed by atoms with Gasteiger partial charge < -0.3 is 10.4 Å². The zero-order valence-corrected chi connectivity index (χ0v) is 11.6. The molecule has 4 nitrogen and oxygen atoms in total. The molecule has 0 spiro atoms. The number of hydrogen-bond acceptors (Lipinski definition) is 2. The predicted octanol–water partition coefficient (Wildman–Crippen LogP) is 2.47. The van der Waals surface area contributed by atoms with Crippen LogP contribution in [-0.2, 0) is 22.2 Å². The third-order valence-electron chi connectivity index (χ3n) is 2.87. The van der Waals surface area contributed by atoms with Crippen LogP contribution in [0.3, 0.4) is 0 Å². The molecule has 21 heavy (non-hydrogen) atoms. The number of carbonyl (C=O) groups is 2. The highest BCUT2D eigenvalue weighted by Gasteiger charge is 2.30. The summed E-state index contributed by atoms with van der Waals surface area (Å²) in [5, 5.41) is 11.2. The molecule has 0 aliphatic heterocycles. The molecular formula is C14H16F3NO3. The average Bonchev–Trinajstić information content (AvgIpc) is 2.34. The molecule has 1 amide bonds. The van der Waals surface area contributed by atoms with Gasteiger partial charge in [-0.1, -0.05) is 32.0 Å². The number of nitrogens with one attached hydrogen (secondary N) is 1. The van der Waals surface area contributed by atoms with Crippen LogP contribution in [0.15, 0.2) is 24.3 Å². The van der Waals surface area contributed by atoms with Crippen molar-refractivity contribution in [2.75, 3.05) is 0 Å². The summed E-state index contributed by atoms with van der Waals surface area (Å²) in [4.78, 5) is 22.7. The molecular weight excluding hydrogens is 287 g/mol. The summed E-state index contributed by atoms with van der Waals surface area (Å²) in [6, 6.07) is 3.33. The van der Waals surface area contributed by atoms with Crippen LogP contribution in [0.2, 0.25) is 0 Å². The van der Waals surface area contributed by atoms with Crippen molar-refractivity contribution in [3.8, 4) is 0 Å². The Morgan fingerprint density at radius 3 is 2.38 bits per heavy atom. The molecule has 0 saturated heterocycles. The Morgan fingerprint density at radius 2 is 1.90 bits per heavy atom. The second kappa shape index (κ2) is 6.60. The highest BCUT2D eigenvalue weighted by atomic mass is 19.4. The first kappa shape index (κ1) is 17.0. The third kappa shape index (κ3) is 5.09. The molecule has 0 radical (unpaired) electrons. The molecule has 0 aliphatic rings. The first-order valence-corrected chi connectivity index (χ1v) is 6.29. The first-order chi connectivity index (χ1) is 9.61. The minimum absolute atomic E-state index is 0.176. The van der Waals surface area contributed by atoms with Gasteiger partial charge in [0.2, 0.25) is 5.91 Å². The molecule has 2 N–H and O–H groups in total. The van der Waals surface area contributed by atoms with Crippen molar-refractivity contribution in [2.24, 2.45) is 5.92 Å². The Labute approximate surface area is 120 Å².